The van der Waals surface area contributed by atoms with E-state index in [1.165, 1.54) is 113 Å². The zero-order chi connectivity index (χ0) is 34.7. The number of nitrogens with two attached hydrogens (primary N) is 1. The first-order valence-electron chi connectivity index (χ1n) is 18.9. The van der Waals surface area contributed by atoms with Crippen LogP contribution >= 0.6 is 30.8 Å². The van der Waals surface area contributed by atoms with E-state index in [1.807, 2.05) is 11.8 Å². The molecule has 1 aliphatic rings. The van der Waals surface area contributed by atoms with Crippen LogP contribution < -0.4 is 33.1 Å². The largest absolute Gasteiger partial charge is 1.00 e. The van der Waals surface area contributed by atoms with Gasteiger partial charge in [-0.25, -0.2) is 5.84 Å². The highest BCUT2D eigenvalue weighted by atomic mass is 79.9. The maximum absolute atomic E-state index is 11.7. The van der Waals surface area contributed by atoms with Crippen LogP contribution in [0.4, 0.5) is 11.4 Å². The van der Waals surface area contributed by atoms with E-state index < -0.39 is 7.26 Å². The predicted molar refractivity (Wildman–Crippen MR) is 223 cm³/mol. The fourth-order valence-corrected chi connectivity index (χ4v) is 14.9. The molecule has 8 heteroatoms. The molecule has 4 rings (SSSR count). The van der Waals surface area contributed by atoms with Crippen LogP contribution in [0.25, 0.3) is 5.57 Å². The minimum Gasteiger partial charge on any atom is -1.00 e. The molecule has 0 aliphatic carbocycles. The molecule has 0 fully saturated rings. The van der Waals surface area contributed by atoms with Crippen LogP contribution in [0.1, 0.15) is 108 Å². The maximum Gasteiger partial charge on any atom is 0.233 e. The molecule has 3 aromatic rings. The molecular weight excluding hydrogens is 737 g/mol. The minimum absolute atomic E-state index is 0. The summed E-state index contributed by atoms with van der Waals surface area (Å²) in [5.74, 6) is 7.46. The minimum atomic E-state index is -0.915. The fourth-order valence-electron chi connectivity index (χ4n) is 6.98. The van der Waals surface area contributed by atoms with Crippen molar-refractivity contribution in [2.24, 2.45) is 5.84 Å². The maximum atomic E-state index is 11.7. The quantitative estimate of drug-likeness (QED) is 0.0330. The summed E-state index contributed by atoms with van der Waals surface area (Å²) >= 11 is 4.14. The van der Waals surface area contributed by atoms with Gasteiger partial charge >= 0.3 is 0 Å². The summed E-state index contributed by atoms with van der Waals surface area (Å²) in [6.07, 6.45) is 18.9. The average Bonchev–Trinajstić information content (AvgIpc) is 3.14. The molecule has 4 nitrogen and oxygen atoms in total. The van der Waals surface area contributed by atoms with E-state index in [9.17, 15) is 4.79 Å². The molecule has 50 heavy (non-hydrogen) atoms. The van der Waals surface area contributed by atoms with Crippen molar-refractivity contribution in [1.29, 1.82) is 0 Å². The summed E-state index contributed by atoms with van der Waals surface area (Å²) in [6.45, 7) is 7.95. The second-order valence-corrected chi connectivity index (χ2v) is 20.4. The number of hydrogen-bond acceptors (Lipinski definition) is 5. The Hall–Kier alpha value is -1.76. The molecule has 3 aromatic carbocycles. The van der Waals surface area contributed by atoms with Gasteiger partial charge in [-0.15, -0.1) is 23.5 Å². The molecule has 0 spiro atoms. The lowest BCUT2D eigenvalue weighted by molar-refractivity contribution is -0.121. The van der Waals surface area contributed by atoms with Crippen LogP contribution in [0, 0.1) is 0 Å². The predicted octanol–water partition coefficient (Wildman–Crippen LogP) is 8.88. The number of thioether (sulfide) groups is 2. The van der Waals surface area contributed by atoms with E-state index in [1.54, 1.807) is 0 Å². The van der Waals surface area contributed by atoms with Crippen LogP contribution in [0.3, 0.4) is 0 Å². The summed E-state index contributed by atoms with van der Waals surface area (Å²) < 4.78 is 1.46. The number of carbonyl (C=O) groups excluding carboxylic acids is 1. The summed E-state index contributed by atoms with van der Waals surface area (Å²) in [4.78, 5) is 14.2. The van der Waals surface area contributed by atoms with Gasteiger partial charge in [-0.2, -0.15) is 0 Å². The third-order valence-electron chi connectivity index (χ3n) is 9.73. The number of carbonyl (C=O) groups is 1. The first-order chi connectivity index (χ1) is 24.1. The topological polar surface area (TPSA) is 58.4 Å². The summed E-state index contributed by atoms with van der Waals surface area (Å²) in [5, 5.41) is 0. The molecule has 0 unspecified atom stereocenters. The number of hydrogen-bond donors (Lipinski definition) is 2. The summed E-state index contributed by atoms with van der Waals surface area (Å²) in [5.41, 5.74) is 10.2. The number of fused-ring (bicyclic) bond motifs is 2. The average molecular weight is 799 g/mol. The third-order valence-corrected chi connectivity index (χ3v) is 17.4. The van der Waals surface area contributed by atoms with Gasteiger partial charge < -0.3 is 21.9 Å². The summed E-state index contributed by atoms with van der Waals surface area (Å²) in [7, 11) is -0.915. The normalized spacial score (nSPS) is 12.2. The number of halogens is 1. The molecule has 0 saturated carbocycles. The monoisotopic (exact) mass is 797 g/mol. The van der Waals surface area contributed by atoms with Crippen LogP contribution in [0.5, 0.6) is 0 Å². The van der Waals surface area contributed by atoms with Gasteiger partial charge in [-0.1, -0.05) is 113 Å². The van der Waals surface area contributed by atoms with Gasteiger partial charge in [0, 0.05) is 58.3 Å². The van der Waals surface area contributed by atoms with Gasteiger partial charge in [0.15, 0.2) is 0 Å². The number of para-hydroxylation sites is 2. The van der Waals surface area contributed by atoms with E-state index in [4.69, 9.17) is 5.84 Å². The molecular formula is C42H61BrN3OPS2. The van der Waals surface area contributed by atoms with Crippen molar-refractivity contribution in [1.82, 2.24) is 5.43 Å². The molecule has 0 saturated heterocycles. The highest BCUT2D eigenvalue weighted by Crippen LogP contribution is 2.61. The van der Waals surface area contributed by atoms with E-state index in [2.05, 4.69) is 122 Å². The molecule has 0 radical (unpaired) electrons. The van der Waals surface area contributed by atoms with Crippen LogP contribution in [-0.2, 0) is 11.3 Å². The molecule has 0 bridgehead atoms. The van der Waals surface area contributed by atoms with Crippen molar-refractivity contribution in [2.45, 2.75) is 97.9 Å². The Balaban J connectivity index is 0.00000676. The number of nitrogens with zero attached hydrogens (tertiary/aromatic N) is 1. The molecule has 1 aliphatic heterocycles. The molecule has 0 atom stereocenters. The number of unbranched alkanes of at least 4 members (excludes halogenated alkanes) is 5. The Morgan fingerprint density at radius 2 is 1.16 bits per heavy atom. The Bertz CT molecular complexity index is 1380. The van der Waals surface area contributed by atoms with Crippen molar-refractivity contribution >= 4 is 53.6 Å². The first-order valence-corrected chi connectivity index (χ1v) is 23.4. The van der Waals surface area contributed by atoms with Crippen molar-refractivity contribution in [3.63, 3.8) is 0 Å². The SMILES string of the molecule is CCCC[P+](CCCC)(CCCC)CCCSC(SCCCCCC(=O)NN)=C1c2ccccc2N(Cc2ccccc2)c2ccccc21.[Br-]. The Labute approximate surface area is 323 Å². The number of rotatable bonds is 23. The van der Waals surface area contributed by atoms with Gasteiger partial charge in [-0.3, -0.25) is 10.2 Å². The van der Waals surface area contributed by atoms with Gasteiger partial charge in [0.25, 0.3) is 0 Å². The molecule has 274 valence electrons. The lowest BCUT2D eigenvalue weighted by Crippen LogP contribution is -3.00. The Morgan fingerprint density at radius 3 is 1.70 bits per heavy atom. The number of amides is 1. The summed E-state index contributed by atoms with van der Waals surface area (Å²) in [6, 6.07) is 28.9. The zero-order valence-corrected chi connectivity index (χ0v) is 34.9. The molecule has 0 aromatic heterocycles. The Kier molecular flexibility index (Phi) is 20.2. The zero-order valence-electron chi connectivity index (χ0n) is 30.8. The van der Waals surface area contributed by atoms with Crippen molar-refractivity contribution < 1.29 is 21.8 Å². The Morgan fingerprint density at radius 1 is 0.660 bits per heavy atom. The van der Waals surface area contributed by atoms with E-state index in [0.29, 0.717) is 6.42 Å². The van der Waals surface area contributed by atoms with Gasteiger partial charge in [0.2, 0.25) is 5.91 Å². The highest BCUT2D eigenvalue weighted by Gasteiger charge is 2.35. The van der Waals surface area contributed by atoms with E-state index >= 15 is 0 Å². The van der Waals surface area contributed by atoms with Crippen molar-refractivity contribution in [3.8, 4) is 0 Å². The molecule has 1 heterocycles. The van der Waals surface area contributed by atoms with Crippen LogP contribution in [0.15, 0.2) is 83.1 Å². The first kappa shape index (κ1) is 42.7. The smallest absolute Gasteiger partial charge is 0.233 e. The van der Waals surface area contributed by atoms with Crippen molar-refractivity contribution in [2.75, 3.05) is 41.1 Å². The van der Waals surface area contributed by atoms with Gasteiger partial charge in [0.05, 0.1) is 24.6 Å². The third kappa shape index (κ3) is 12.7. The molecule has 3 N–H and O–H groups in total. The van der Waals surface area contributed by atoms with Gasteiger partial charge in [0.1, 0.15) is 0 Å². The molecule has 1 amide bonds. The second-order valence-electron chi connectivity index (χ2n) is 13.5. The highest BCUT2D eigenvalue weighted by molar-refractivity contribution is 8.22. The lowest BCUT2D eigenvalue weighted by atomic mass is 9.91. The van der Waals surface area contributed by atoms with Gasteiger partial charge in [-0.05, 0) is 62.0 Å². The van der Waals surface area contributed by atoms with E-state index in [0.717, 1.165) is 31.6 Å². The standard InChI is InChI=1S/C42H60N3OPS2.BrH/c1-4-7-28-47(29-8-5-2,30-9-6-3)31-20-33-49-42(48-32-19-11-14-27-40(46)44-43)41-36-23-15-17-25-38(36)45(34-35-21-12-10-13-22-35)39-26-18-16-24-37(39)41;/h10,12-13,15-18,21-26H,4-9,11,14,19-20,27-34,43H2,1-3H3;1H. The van der Waals surface area contributed by atoms with Crippen LogP contribution in [-0.4, -0.2) is 42.1 Å². The number of anilines is 2. The number of hydrazine groups is 1. The van der Waals surface area contributed by atoms with Crippen LogP contribution in [0.2, 0.25) is 0 Å². The van der Waals surface area contributed by atoms with E-state index in [-0.39, 0.29) is 22.9 Å². The number of nitrogens with one attached hydrogen (secondary N) is 1. The lowest BCUT2D eigenvalue weighted by Gasteiger charge is -2.35. The fraction of sp³-hybridized carbons (Fsp3) is 0.500. The van der Waals surface area contributed by atoms with Crippen molar-refractivity contribution in [3.05, 3.63) is 99.8 Å². The second kappa shape index (κ2) is 23.7. The number of benzene rings is 3.